The molecule has 0 aliphatic carbocycles. The number of nitrogens with zero attached hydrogens (tertiary/aromatic N) is 2. The van der Waals surface area contributed by atoms with Crippen molar-refractivity contribution in [1.82, 2.24) is 10.0 Å². The molecule has 0 aromatic carbocycles. The zero-order valence-electron chi connectivity index (χ0n) is 7.74. The molecule has 0 radical (unpaired) electrons. The number of hydrogen-bond donors (Lipinski definition) is 0. The first-order chi connectivity index (χ1) is 7.18. The molecular formula is C9H8BrClN2O2. The van der Waals surface area contributed by atoms with Crippen LogP contribution in [0.1, 0.15) is 16.8 Å². The average Bonchev–Trinajstić information content (AvgIpc) is 2.74. The van der Waals surface area contributed by atoms with Crippen LogP contribution in [0.15, 0.2) is 16.7 Å². The molecule has 1 fully saturated rings. The summed E-state index contributed by atoms with van der Waals surface area (Å²) in [6.45, 7) is 1.17. The number of hydrogen-bond acceptors (Lipinski definition) is 3. The number of pyridine rings is 1. The highest BCUT2D eigenvalue weighted by atomic mass is 79.9. The largest absolute Gasteiger partial charge is 0.280 e. The second-order valence-corrected chi connectivity index (χ2v) is 4.36. The predicted octanol–water partition coefficient (Wildman–Crippen LogP) is 2.27. The number of hydroxylamine groups is 2. The van der Waals surface area contributed by atoms with Crippen LogP contribution in [0.3, 0.4) is 0 Å². The van der Waals surface area contributed by atoms with Gasteiger partial charge in [-0.05, 0) is 28.4 Å². The molecule has 1 aromatic rings. The summed E-state index contributed by atoms with van der Waals surface area (Å²) in [7, 11) is 0. The Labute approximate surface area is 100 Å². The summed E-state index contributed by atoms with van der Waals surface area (Å²) in [4.78, 5) is 20.9. The van der Waals surface area contributed by atoms with Crippen molar-refractivity contribution in [2.24, 2.45) is 0 Å². The number of amides is 1. The average molecular weight is 292 g/mol. The van der Waals surface area contributed by atoms with E-state index < -0.39 is 0 Å². The van der Waals surface area contributed by atoms with Crippen LogP contribution in [0.2, 0.25) is 5.15 Å². The van der Waals surface area contributed by atoms with Gasteiger partial charge >= 0.3 is 0 Å². The third-order valence-corrected chi connectivity index (χ3v) is 2.75. The Morgan fingerprint density at radius 3 is 3.13 bits per heavy atom. The lowest BCUT2D eigenvalue weighted by Crippen LogP contribution is -2.26. The minimum atomic E-state index is -0.244. The predicted molar refractivity (Wildman–Crippen MR) is 58.6 cm³/mol. The smallest absolute Gasteiger partial charge is 0.271 e. The Hall–Kier alpha value is -0.650. The van der Waals surface area contributed by atoms with Crippen molar-refractivity contribution in [3.63, 3.8) is 0 Å². The number of aromatic nitrogens is 1. The van der Waals surface area contributed by atoms with Gasteiger partial charge in [0.25, 0.3) is 5.91 Å². The molecule has 15 heavy (non-hydrogen) atoms. The Bertz CT molecular complexity index is 394. The fourth-order valence-electron chi connectivity index (χ4n) is 1.31. The molecule has 4 nitrogen and oxygen atoms in total. The molecule has 1 saturated heterocycles. The lowest BCUT2D eigenvalue weighted by molar-refractivity contribution is -0.0768. The first-order valence-electron chi connectivity index (χ1n) is 4.44. The first kappa shape index (κ1) is 10.9. The minimum absolute atomic E-state index is 0.193. The molecule has 1 aliphatic rings. The lowest BCUT2D eigenvalue weighted by atomic mass is 10.2. The summed E-state index contributed by atoms with van der Waals surface area (Å²) >= 11 is 9.07. The van der Waals surface area contributed by atoms with Gasteiger partial charge in [-0.15, -0.1) is 0 Å². The topological polar surface area (TPSA) is 42.4 Å². The molecule has 0 bridgehead atoms. The van der Waals surface area contributed by atoms with Crippen molar-refractivity contribution in [2.75, 3.05) is 13.2 Å². The molecule has 0 saturated carbocycles. The Morgan fingerprint density at radius 2 is 2.47 bits per heavy atom. The molecule has 0 unspecified atom stereocenters. The SMILES string of the molecule is O=C(c1cc(Br)cnc1Cl)N1CCCO1. The van der Waals surface area contributed by atoms with Crippen molar-refractivity contribution in [2.45, 2.75) is 6.42 Å². The Morgan fingerprint density at radius 1 is 1.67 bits per heavy atom. The van der Waals surface area contributed by atoms with Gasteiger partial charge in [0, 0.05) is 10.7 Å². The number of rotatable bonds is 1. The first-order valence-corrected chi connectivity index (χ1v) is 5.61. The van der Waals surface area contributed by atoms with E-state index in [9.17, 15) is 4.79 Å². The van der Waals surface area contributed by atoms with Crippen LogP contribution in [0.5, 0.6) is 0 Å². The Kier molecular flexibility index (Phi) is 3.23. The molecule has 6 heteroatoms. The third-order valence-electron chi connectivity index (χ3n) is 2.02. The van der Waals surface area contributed by atoms with Crippen LogP contribution in [0.4, 0.5) is 0 Å². The molecule has 2 heterocycles. The highest BCUT2D eigenvalue weighted by molar-refractivity contribution is 9.10. The summed E-state index contributed by atoms with van der Waals surface area (Å²) in [6.07, 6.45) is 2.40. The van der Waals surface area contributed by atoms with Crippen molar-refractivity contribution < 1.29 is 9.63 Å². The second kappa shape index (κ2) is 4.47. The maximum atomic E-state index is 11.9. The van der Waals surface area contributed by atoms with Crippen molar-refractivity contribution in [1.29, 1.82) is 0 Å². The summed E-state index contributed by atoms with van der Waals surface area (Å²) < 4.78 is 0.717. The van der Waals surface area contributed by atoms with Gasteiger partial charge in [0.2, 0.25) is 0 Å². The van der Waals surface area contributed by atoms with Crippen LogP contribution in [0.25, 0.3) is 0 Å². The van der Waals surface area contributed by atoms with E-state index in [0.717, 1.165) is 10.9 Å². The summed E-state index contributed by atoms with van der Waals surface area (Å²) in [5.41, 5.74) is 0.355. The van der Waals surface area contributed by atoms with E-state index in [4.69, 9.17) is 16.4 Å². The van der Waals surface area contributed by atoms with Gasteiger partial charge < -0.3 is 0 Å². The van der Waals surface area contributed by atoms with Gasteiger partial charge in [-0.25, -0.2) is 10.0 Å². The summed E-state index contributed by atoms with van der Waals surface area (Å²) in [5.74, 6) is -0.244. The maximum Gasteiger partial charge on any atom is 0.280 e. The van der Waals surface area contributed by atoms with Crippen LogP contribution in [0, 0.1) is 0 Å². The van der Waals surface area contributed by atoms with Gasteiger partial charge in [-0.2, -0.15) is 0 Å². The van der Waals surface area contributed by atoms with E-state index >= 15 is 0 Å². The molecular weight excluding hydrogens is 283 g/mol. The highest BCUT2D eigenvalue weighted by Gasteiger charge is 2.23. The number of halogens is 2. The summed E-state index contributed by atoms with van der Waals surface area (Å²) in [5, 5.41) is 1.51. The Balaban J connectivity index is 2.27. The molecule has 1 amide bonds. The van der Waals surface area contributed by atoms with Crippen molar-refractivity contribution >= 4 is 33.4 Å². The molecule has 1 aliphatic heterocycles. The van der Waals surface area contributed by atoms with Crippen LogP contribution in [-0.2, 0) is 4.84 Å². The van der Waals surface area contributed by atoms with E-state index in [0.29, 0.717) is 18.7 Å². The van der Waals surface area contributed by atoms with Crippen molar-refractivity contribution in [3.05, 3.63) is 27.5 Å². The van der Waals surface area contributed by atoms with Gasteiger partial charge in [-0.3, -0.25) is 9.63 Å². The normalized spacial score (nSPS) is 15.7. The second-order valence-electron chi connectivity index (χ2n) is 3.09. The molecule has 80 valence electrons. The van der Waals surface area contributed by atoms with Gasteiger partial charge in [0.05, 0.1) is 18.7 Å². The zero-order chi connectivity index (χ0) is 10.8. The highest BCUT2D eigenvalue weighted by Crippen LogP contribution is 2.21. The van der Waals surface area contributed by atoms with Crippen LogP contribution < -0.4 is 0 Å². The van der Waals surface area contributed by atoms with Gasteiger partial charge in [0.1, 0.15) is 5.15 Å². The van der Waals surface area contributed by atoms with Crippen LogP contribution in [-0.4, -0.2) is 29.1 Å². The van der Waals surface area contributed by atoms with E-state index in [1.165, 1.54) is 5.06 Å². The lowest BCUT2D eigenvalue weighted by Gasteiger charge is -2.14. The summed E-state index contributed by atoms with van der Waals surface area (Å²) in [6, 6.07) is 1.64. The number of carbonyl (C=O) groups excluding carboxylic acids is 1. The van der Waals surface area contributed by atoms with E-state index in [1.807, 2.05) is 0 Å². The zero-order valence-corrected chi connectivity index (χ0v) is 10.1. The third kappa shape index (κ3) is 2.30. The van der Waals surface area contributed by atoms with E-state index in [1.54, 1.807) is 12.3 Å². The molecule has 0 spiro atoms. The van der Waals surface area contributed by atoms with E-state index in [2.05, 4.69) is 20.9 Å². The van der Waals surface area contributed by atoms with Crippen molar-refractivity contribution in [3.8, 4) is 0 Å². The quantitative estimate of drug-likeness (QED) is 0.746. The fourth-order valence-corrected chi connectivity index (χ4v) is 1.83. The fraction of sp³-hybridized carbons (Fsp3) is 0.333. The van der Waals surface area contributed by atoms with Crippen LogP contribution >= 0.6 is 27.5 Å². The minimum Gasteiger partial charge on any atom is -0.271 e. The molecule has 0 N–H and O–H groups in total. The molecule has 2 rings (SSSR count). The van der Waals surface area contributed by atoms with Gasteiger partial charge in [0.15, 0.2) is 0 Å². The maximum absolute atomic E-state index is 11.9. The molecule has 1 aromatic heterocycles. The van der Waals surface area contributed by atoms with Gasteiger partial charge in [-0.1, -0.05) is 11.6 Å². The standard InChI is InChI=1S/C9H8BrClN2O2/c10-6-4-7(8(11)12-5-6)9(14)13-2-1-3-15-13/h4-5H,1-3H2. The number of carbonyl (C=O) groups is 1. The molecule has 0 atom stereocenters. The monoisotopic (exact) mass is 290 g/mol. The van der Waals surface area contributed by atoms with E-state index in [-0.39, 0.29) is 11.1 Å².